The van der Waals surface area contributed by atoms with Crippen molar-refractivity contribution >= 4 is 17.7 Å². The fourth-order valence-electron chi connectivity index (χ4n) is 1.58. The number of aromatic nitrogens is 2. The topological polar surface area (TPSA) is 96.2 Å². The van der Waals surface area contributed by atoms with Crippen molar-refractivity contribution in [3.05, 3.63) is 17.5 Å². The molecule has 0 fully saturated rings. The molecule has 0 aliphatic heterocycles. The summed E-state index contributed by atoms with van der Waals surface area (Å²) < 4.78 is 4.68. The predicted molar refractivity (Wildman–Crippen MR) is 70.7 cm³/mol. The van der Waals surface area contributed by atoms with Crippen LogP contribution in [0.15, 0.2) is 6.07 Å². The quantitative estimate of drug-likeness (QED) is 0.329. The Morgan fingerprint density at radius 1 is 1.35 bits per heavy atom. The van der Waals surface area contributed by atoms with E-state index in [-0.39, 0.29) is 25.5 Å². The Bertz CT molecular complexity index is 531. The number of anilines is 1. The molecule has 1 aromatic rings. The molecule has 0 N–H and O–H groups in total. The van der Waals surface area contributed by atoms with Crippen molar-refractivity contribution in [3.63, 3.8) is 0 Å². The number of rotatable bonds is 6. The highest BCUT2D eigenvalue weighted by atomic mass is 16.5. The van der Waals surface area contributed by atoms with Gasteiger partial charge >= 0.3 is 5.97 Å². The number of nitriles is 1. The van der Waals surface area contributed by atoms with Crippen LogP contribution in [-0.2, 0) is 14.3 Å². The molecule has 0 amide bonds. The molecule has 0 aromatic carbocycles. The number of carbonyl (C=O) groups is 2. The second-order valence-electron chi connectivity index (χ2n) is 4.16. The van der Waals surface area contributed by atoms with Gasteiger partial charge < -0.3 is 4.74 Å². The van der Waals surface area contributed by atoms with E-state index in [9.17, 15) is 9.59 Å². The maximum absolute atomic E-state index is 11.7. The van der Waals surface area contributed by atoms with Gasteiger partial charge in [-0.25, -0.2) is 14.9 Å². The Morgan fingerprint density at radius 2 is 1.95 bits per heavy atom. The summed E-state index contributed by atoms with van der Waals surface area (Å²) in [5.74, 6) is -0.869. The third-order valence-electron chi connectivity index (χ3n) is 2.31. The lowest BCUT2D eigenvalue weighted by Crippen LogP contribution is -2.28. The molecular weight excluding hydrogens is 260 g/mol. The summed E-state index contributed by atoms with van der Waals surface area (Å²) >= 11 is 0. The zero-order valence-electron chi connectivity index (χ0n) is 11.7. The van der Waals surface area contributed by atoms with E-state index in [2.05, 4.69) is 14.7 Å². The van der Waals surface area contributed by atoms with Crippen molar-refractivity contribution in [1.29, 1.82) is 5.26 Å². The molecule has 20 heavy (non-hydrogen) atoms. The van der Waals surface area contributed by atoms with E-state index < -0.39 is 11.8 Å². The molecule has 0 spiro atoms. The Kier molecular flexibility index (Phi) is 5.59. The first-order valence-corrected chi connectivity index (χ1v) is 6.13. The van der Waals surface area contributed by atoms with E-state index >= 15 is 0 Å². The van der Waals surface area contributed by atoms with Crippen LogP contribution in [0.4, 0.5) is 5.95 Å². The number of nitrogens with zero attached hydrogens (tertiary/aromatic N) is 4. The monoisotopic (exact) mass is 276 g/mol. The molecule has 1 rings (SSSR count). The van der Waals surface area contributed by atoms with Gasteiger partial charge in [-0.1, -0.05) is 0 Å². The molecule has 0 aliphatic carbocycles. The Morgan fingerprint density at radius 3 is 2.45 bits per heavy atom. The van der Waals surface area contributed by atoms with E-state index in [1.807, 2.05) is 6.19 Å². The van der Waals surface area contributed by atoms with Crippen LogP contribution in [0.1, 0.15) is 24.7 Å². The Hall–Kier alpha value is -2.49. The molecule has 0 saturated heterocycles. The summed E-state index contributed by atoms with van der Waals surface area (Å²) in [6, 6.07) is 1.76. The highest BCUT2D eigenvalue weighted by molar-refractivity contribution is 5.97. The van der Waals surface area contributed by atoms with Crippen LogP contribution in [-0.4, -0.2) is 34.9 Å². The van der Waals surface area contributed by atoms with Crippen LogP contribution in [0.3, 0.4) is 0 Å². The predicted octanol–water partition coefficient (Wildman–Crippen LogP) is 0.903. The lowest BCUT2D eigenvalue weighted by molar-refractivity contribution is -0.145. The zero-order valence-corrected chi connectivity index (χ0v) is 11.7. The van der Waals surface area contributed by atoms with Gasteiger partial charge in [-0.2, -0.15) is 5.26 Å². The van der Waals surface area contributed by atoms with Crippen molar-refractivity contribution in [2.45, 2.75) is 27.2 Å². The van der Waals surface area contributed by atoms with Gasteiger partial charge in [0, 0.05) is 11.4 Å². The number of hydrogen-bond acceptors (Lipinski definition) is 7. The minimum Gasteiger partial charge on any atom is -0.466 e. The van der Waals surface area contributed by atoms with Crippen LogP contribution in [0.25, 0.3) is 0 Å². The number of hydrogen-bond donors (Lipinski definition) is 0. The second kappa shape index (κ2) is 7.19. The molecule has 0 unspecified atom stereocenters. The van der Waals surface area contributed by atoms with E-state index in [4.69, 9.17) is 5.26 Å². The fourth-order valence-corrected chi connectivity index (χ4v) is 1.58. The number of carbonyl (C=O) groups excluding carboxylic acids is 2. The summed E-state index contributed by atoms with van der Waals surface area (Å²) in [7, 11) is 0. The summed E-state index contributed by atoms with van der Waals surface area (Å²) in [5, 5.41) is 9.08. The van der Waals surface area contributed by atoms with Gasteiger partial charge in [0.1, 0.15) is 6.42 Å². The van der Waals surface area contributed by atoms with Gasteiger partial charge in [-0.15, -0.1) is 0 Å². The molecule has 1 heterocycles. The Labute approximate surface area is 117 Å². The number of ketones is 1. The van der Waals surface area contributed by atoms with Gasteiger partial charge in [0.25, 0.3) is 0 Å². The number of ether oxygens (including phenoxy) is 1. The third-order valence-corrected chi connectivity index (χ3v) is 2.31. The Balaban J connectivity index is 2.75. The molecular formula is C13H16N4O3. The summed E-state index contributed by atoms with van der Waals surface area (Å²) in [5.41, 5.74) is 1.40. The van der Waals surface area contributed by atoms with E-state index in [0.29, 0.717) is 11.4 Å². The van der Waals surface area contributed by atoms with Gasteiger partial charge in [-0.05, 0) is 26.8 Å². The highest BCUT2D eigenvalue weighted by Crippen LogP contribution is 2.09. The average Bonchev–Trinajstić information content (AvgIpc) is 2.34. The molecule has 0 atom stereocenters. The SMILES string of the molecule is CCOC(=O)CC(=O)CN(C#N)c1nc(C)cc(C)n1. The number of Topliss-reactive ketones (excluding diaryl/α,β-unsaturated/α-hetero) is 1. The van der Waals surface area contributed by atoms with Crippen LogP contribution < -0.4 is 4.90 Å². The molecule has 106 valence electrons. The highest BCUT2D eigenvalue weighted by Gasteiger charge is 2.17. The van der Waals surface area contributed by atoms with Crippen molar-refractivity contribution < 1.29 is 14.3 Å². The van der Waals surface area contributed by atoms with Crippen molar-refractivity contribution in [2.75, 3.05) is 18.1 Å². The molecule has 0 bridgehead atoms. The zero-order chi connectivity index (χ0) is 15.1. The van der Waals surface area contributed by atoms with Gasteiger partial charge in [-0.3, -0.25) is 9.59 Å². The van der Waals surface area contributed by atoms with Crippen molar-refractivity contribution in [2.24, 2.45) is 0 Å². The maximum Gasteiger partial charge on any atom is 0.313 e. The van der Waals surface area contributed by atoms with Crippen LogP contribution in [0.5, 0.6) is 0 Å². The average molecular weight is 276 g/mol. The van der Waals surface area contributed by atoms with E-state index in [0.717, 1.165) is 4.90 Å². The number of esters is 1. The molecule has 0 saturated carbocycles. The first-order chi connectivity index (χ1) is 9.46. The lowest BCUT2D eigenvalue weighted by atomic mass is 10.2. The van der Waals surface area contributed by atoms with E-state index in [1.54, 1.807) is 26.8 Å². The standard InChI is InChI=1S/C13H16N4O3/c1-4-20-12(19)6-11(18)7-17(8-14)13-15-9(2)5-10(3)16-13/h5H,4,6-7H2,1-3H3. The fraction of sp³-hybridized carbons (Fsp3) is 0.462. The van der Waals surface area contributed by atoms with Gasteiger partial charge in [0.15, 0.2) is 12.0 Å². The van der Waals surface area contributed by atoms with Gasteiger partial charge in [0.05, 0.1) is 13.2 Å². The molecule has 1 aromatic heterocycles. The second-order valence-corrected chi connectivity index (χ2v) is 4.16. The first kappa shape index (κ1) is 15.6. The smallest absolute Gasteiger partial charge is 0.313 e. The lowest BCUT2D eigenvalue weighted by Gasteiger charge is -2.13. The van der Waals surface area contributed by atoms with Crippen LogP contribution >= 0.6 is 0 Å². The molecule has 0 radical (unpaired) electrons. The van der Waals surface area contributed by atoms with Crippen molar-refractivity contribution in [1.82, 2.24) is 9.97 Å². The van der Waals surface area contributed by atoms with Gasteiger partial charge in [0.2, 0.25) is 5.95 Å². The molecule has 0 aliphatic rings. The normalized spacial score (nSPS) is 9.70. The van der Waals surface area contributed by atoms with Crippen LogP contribution in [0, 0.1) is 25.3 Å². The summed E-state index contributed by atoms with van der Waals surface area (Å²) in [6.07, 6.45) is 1.48. The molecule has 7 heteroatoms. The number of aryl methyl sites for hydroxylation is 2. The largest absolute Gasteiger partial charge is 0.466 e. The minimum atomic E-state index is -0.600. The minimum absolute atomic E-state index is 0.155. The maximum atomic E-state index is 11.7. The summed E-state index contributed by atoms with van der Waals surface area (Å²) in [4.78, 5) is 32.1. The molecule has 7 nitrogen and oxygen atoms in total. The third kappa shape index (κ3) is 4.65. The first-order valence-electron chi connectivity index (χ1n) is 6.13. The summed E-state index contributed by atoms with van der Waals surface area (Å²) in [6.45, 7) is 5.17. The van der Waals surface area contributed by atoms with Crippen molar-refractivity contribution in [3.8, 4) is 6.19 Å². The van der Waals surface area contributed by atoms with Crippen LogP contribution in [0.2, 0.25) is 0 Å². The van der Waals surface area contributed by atoms with E-state index in [1.165, 1.54) is 0 Å².